The van der Waals surface area contributed by atoms with E-state index in [1.165, 1.54) is 7.11 Å². The Morgan fingerprint density at radius 1 is 0.952 bits per heavy atom. The zero-order valence-corrected chi connectivity index (χ0v) is 25.1. The third-order valence-electron chi connectivity index (χ3n) is 8.05. The number of benzene rings is 3. The molecule has 0 bridgehead atoms. The number of amides is 2. The summed E-state index contributed by atoms with van der Waals surface area (Å²) in [6, 6.07) is 20.3. The van der Waals surface area contributed by atoms with Gasteiger partial charge in [-0.25, -0.2) is 9.28 Å². The van der Waals surface area contributed by atoms with Gasteiger partial charge in [-0.05, 0) is 36.8 Å². The maximum atomic E-state index is 13.3. The van der Waals surface area contributed by atoms with Gasteiger partial charge in [0.2, 0.25) is 5.91 Å². The van der Waals surface area contributed by atoms with Gasteiger partial charge in [0, 0.05) is 40.4 Å². The molecule has 0 aromatic heterocycles. The van der Waals surface area contributed by atoms with E-state index in [4.69, 9.17) is 32.7 Å². The van der Waals surface area contributed by atoms with Crippen LogP contribution in [0.3, 0.4) is 0 Å². The second-order valence-corrected chi connectivity index (χ2v) is 11.4. The molecule has 42 heavy (non-hydrogen) atoms. The summed E-state index contributed by atoms with van der Waals surface area (Å²) in [4.78, 5) is 38.6. The molecule has 0 radical (unpaired) electrons. The maximum absolute atomic E-state index is 13.3. The molecule has 8 nitrogen and oxygen atoms in total. The fraction of sp³-hybridized carbons (Fsp3) is 0.344. The summed E-state index contributed by atoms with van der Waals surface area (Å²) in [6.45, 7) is 2.40. The Kier molecular flexibility index (Phi) is 10.5. The second kappa shape index (κ2) is 14.1. The van der Waals surface area contributed by atoms with Gasteiger partial charge in [0.25, 0.3) is 0 Å². The van der Waals surface area contributed by atoms with E-state index >= 15 is 0 Å². The van der Waals surface area contributed by atoms with E-state index in [-0.39, 0.29) is 36.5 Å². The van der Waals surface area contributed by atoms with Crippen molar-refractivity contribution < 1.29 is 33.4 Å². The lowest BCUT2D eigenvalue weighted by atomic mass is 10.0. The van der Waals surface area contributed by atoms with E-state index in [0.29, 0.717) is 34.2 Å². The van der Waals surface area contributed by atoms with Crippen molar-refractivity contribution in [3.05, 3.63) is 99.5 Å². The molecule has 2 unspecified atom stereocenters. The SMILES string of the molecule is COC(=O)[C@H](Cc1ccc(OCc2c(Cl)cccc2Cl)cc1)NC(=O)C[C@H]1CCC(C)[N+]1(Cc1ccccc1)C(=O)O. The number of likely N-dealkylation sites (tertiary alicyclic amines) is 1. The molecule has 2 N–H and O–H groups in total. The topological polar surface area (TPSA) is 102 Å². The zero-order valence-electron chi connectivity index (χ0n) is 23.6. The molecule has 1 aliphatic rings. The summed E-state index contributed by atoms with van der Waals surface area (Å²) >= 11 is 12.4. The van der Waals surface area contributed by atoms with Crippen LogP contribution in [0.25, 0.3) is 0 Å². The first-order valence-electron chi connectivity index (χ1n) is 13.8. The molecule has 0 saturated carbocycles. The van der Waals surface area contributed by atoms with Crippen LogP contribution in [0.4, 0.5) is 4.79 Å². The van der Waals surface area contributed by atoms with Crippen molar-refractivity contribution in [1.82, 2.24) is 5.32 Å². The molecule has 0 spiro atoms. The summed E-state index contributed by atoms with van der Waals surface area (Å²) in [5.74, 6) is -0.386. The highest BCUT2D eigenvalue weighted by atomic mass is 35.5. The summed E-state index contributed by atoms with van der Waals surface area (Å²) < 4.78 is 10.6. The molecule has 4 rings (SSSR count). The molecule has 1 saturated heterocycles. The molecule has 3 aromatic rings. The van der Waals surface area contributed by atoms with E-state index in [1.54, 1.807) is 42.5 Å². The van der Waals surface area contributed by atoms with Gasteiger partial charge in [-0.1, -0.05) is 71.7 Å². The lowest BCUT2D eigenvalue weighted by molar-refractivity contribution is -0.903. The number of quaternary nitrogens is 1. The lowest BCUT2D eigenvalue weighted by Gasteiger charge is -2.38. The molecule has 0 aliphatic carbocycles. The van der Waals surface area contributed by atoms with Crippen molar-refractivity contribution >= 4 is 41.2 Å². The minimum absolute atomic E-state index is 0.0195. The predicted molar refractivity (Wildman–Crippen MR) is 160 cm³/mol. The van der Waals surface area contributed by atoms with Crippen LogP contribution >= 0.6 is 23.2 Å². The summed E-state index contributed by atoms with van der Waals surface area (Å²) in [5, 5.41) is 14.2. The van der Waals surface area contributed by atoms with Crippen molar-refractivity contribution in [3.8, 4) is 5.75 Å². The highest BCUT2D eigenvalue weighted by Gasteiger charge is 2.54. The Balaban J connectivity index is 1.41. The predicted octanol–water partition coefficient (Wildman–Crippen LogP) is 6.41. The molecular weight excluding hydrogens is 579 g/mol. The first-order chi connectivity index (χ1) is 20.1. The summed E-state index contributed by atoms with van der Waals surface area (Å²) in [5.41, 5.74) is 2.36. The molecule has 1 aliphatic heterocycles. The van der Waals surface area contributed by atoms with Crippen LogP contribution in [0.5, 0.6) is 5.75 Å². The standard InChI is InChI=1S/C32H34Cl2N2O6/c1-21-11-14-24(36(21,32(39)40)19-23-7-4-3-5-8-23)18-30(37)35-29(31(38)41-2)17-22-12-15-25(16-13-22)42-20-26-27(33)9-6-10-28(26)34/h3-10,12-13,15-16,21,24,29H,11,14,17-20H2,1-2H3,(H-,35,37,39,40)/p+1/t21?,24-,29+,36?/m1/s1. The molecule has 10 heteroatoms. The molecule has 222 valence electrons. The number of ether oxygens (including phenoxy) is 2. The number of nitrogens with one attached hydrogen (secondary N) is 1. The van der Waals surface area contributed by atoms with Gasteiger partial charge in [0.15, 0.2) is 0 Å². The van der Waals surface area contributed by atoms with Gasteiger partial charge < -0.3 is 19.9 Å². The van der Waals surface area contributed by atoms with Gasteiger partial charge in [0.05, 0.1) is 19.6 Å². The van der Waals surface area contributed by atoms with Gasteiger partial charge in [0.1, 0.15) is 31.0 Å². The number of nitrogens with zero attached hydrogens (tertiary/aromatic N) is 1. The highest BCUT2D eigenvalue weighted by Crippen LogP contribution is 2.38. The fourth-order valence-electron chi connectivity index (χ4n) is 5.69. The van der Waals surface area contributed by atoms with Gasteiger partial charge in [-0.2, -0.15) is 4.79 Å². The van der Waals surface area contributed by atoms with E-state index in [0.717, 1.165) is 11.1 Å². The highest BCUT2D eigenvalue weighted by molar-refractivity contribution is 6.35. The van der Waals surface area contributed by atoms with Crippen molar-refractivity contribution in [2.75, 3.05) is 7.11 Å². The number of carbonyl (C=O) groups excluding carboxylic acids is 2. The second-order valence-electron chi connectivity index (χ2n) is 10.6. The van der Waals surface area contributed by atoms with Gasteiger partial charge in [-0.15, -0.1) is 0 Å². The Hall–Kier alpha value is -3.59. The molecule has 1 heterocycles. The monoisotopic (exact) mass is 613 g/mol. The van der Waals surface area contributed by atoms with Crippen molar-refractivity contribution in [2.24, 2.45) is 0 Å². The van der Waals surface area contributed by atoms with Gasteiger partial charge >= 0.3 is 12.1 Å². The quantitative estimate of drug-likeness (QED) is 0.191. The first-order valence-corrected chi connectivity index (χ1v) is 14.6. The van der Waals surface area contributed by atoms with Crippen molar-refractivity contribution in [3.63, 3.8) is 0 Å². The number of esters is 1. The van der Waals surface area contributed by atoms with Crippen molar-refractivity contribution in [2.45, 2.75) is 63.9 Å². The number of carbonyl (C=O) groups is 3. The average molecular weight is 615 g/mol. The number of carboxylic acid groups (broad SMARTS) is 1. The molecule has 4 atom stereocenters. The Morgan fingerprint density at radius 2 is 1.62 bits per heavy atom. The first kappa shape index (κ1) is 31.3. The number of hydrogen-bond donors (Lipinski definition) is 2. The molecule has 3 aromatic carbocycles. The summed E-state index contributed by atoms with van der Waals surface area (Å²) in [7, 11) is 1.27. The van der Waals surface area contributed by atoms with Crippen LogP contribution in [0, 0.1) is 0 Å². The van der Waals surface area contributed by atoms with Gasteiger partial charge in [-0.3, -0.25) is 4.79 Å². The largest absolute Gasteiger partial charge is 0.514 e. The van der Waals surface area contributed by atoms with Crippen LogP contribution in [0.2, 0.25) is 10.0 Å². The van der Waals surface area contributed by atoms with E-state index < -0.39 is 30.1 Å². The smallest absolute Gasteiger partial charge is 0.489 e. The molecule has 1 fully saturated rings. The Bertz CT molecular complexity index is 1380. The Labute approximate surface area is 255 Å². The lowest BCUT2D eigenvalue weighted by Crippen LogP contribution is -2.59. The molecular formula is C32H35Cl2N2O6+. The third-order valence-corrected chi connectivity index (χ3v) is 8.76. The molecule has 2 amide bonds. The van der Waals surface area contributed by atoms with Crippen molar-refractivity contribution in [1.29, 1.82) is 0 Å². The normalized spacial score (nSPS) is 20.5. The number of methoxy groups -OCH3 is 1. The zero-order chi connectivity index (χ0) is 30.3. The van der Waals surface area contributed by atoms with E-state index in [2.05, 4.69) is 5.32 Å². The number of halogens is 2. The van der Waals surface area contributed by atoms with Crippen LogP contribution in [-0.4, -0.2) is 52.8 Å². The minimum Gasteiger partial charge on any atom is -0.489 e. The minimum atomic E-state index is -0.953. The summed E-state index contributed by atoms with van der Waals surface area (Å²) in [6.07, 6.45) is 0.504. The van der Waals surface area contributed by atoms with Crippen LogP contribution in [-0.2, 0) is 33.9 Å². The van der Waals surface area contributed by atoms with E-state index in [1.807, 2.05) is 37.3 Å². The van der Waals surface area contributed by atoms with Crippen LogP contribution < -0.4 is 10.1 Å². The van der Waals surface area contributed by atoms with Crippen LogP contribution in [0.1, 0.15) is 42.9 Å². The average Bonchev–Trinajstić information content (AvgIpc) is 3.28. The Morgan fingerprint density at radius 3 is 2.24 bits per heavy atom. The third kappa shape index (κ3) is 7.24. The maximum Gasteiger partial charge on any atom is 0.514 e. The number of rotatable bonds is 11. The van der Waals surface area contributed by atoms with E-state index in [9.17, 15) is 19.5 Å². The fourth-order valence-corrected chi connectivity index (χ4v) is 6.19. The van der Waals surface area contributed by atoms with Crippen LogP contribution in [0.15, 0.2) is 72.8 Å². The number of hydrogen-bond acceptors (Lipinski definition) is 5.